The molecular weight excluding hydrogens is 216 g/mol. The van der Waals surface area contributed by atoms with Crippen molar-refractivity contribution >= 4 is 6.29 Å². The van der Waals surface area contributed by atoms with Crippen LogP contribution in [0.25, 0.3) is 0 Å². The van der Waals surface area contributed by atoms with Crippen molar-refractivity contribution in [3.63, 3.8) is 0 Å². The Morgan fingerprint density at radius 1 is 1.35 bits per heavy atom. The Bertz CT molecular complexity index is 385. The molecule has 0 fully saturated rings. The SMILES string of the molecule is CCOc1cc(C(C)CC=O)c(OC)cc1C. The van der Waals surface area contributed by atoms with E-state index >= 15 is 0 Å². The molecule has 0 aliphatic heterocycles. The normalized spacial score (nSPS) is 12.0. The lowest BCUT2D eigenvalue weighted by Crippen LogP contribution is -2.02. The molecular formula is C14H20O3. The number of ether oxygens (including phenoxy) is 2. The summed E-state index contributed by atoms with van der Waals surface area (Å²) in [5, 5.41) is 0. The second-order valence-electron chi connectivity index (χ2n) is 4.10. The number of hydrogen-bond acceptors (Lipinski definition) is 3. The summed E-state index contributed by atoms with van der Waals surface area (Å²) in [5.41, 5.74) is 2.07. The Hall–Kier alpha value is -1.51. The van der Waals surface area contributed by atoms with Crippen LogP contribution >= 0.6 is 0 Å². The molecule has 0 spiro atoms. The third-order valence-corrected chi connectivity index (χ3v) is 2.81. The average molecular weight is 236 g/mol. The van der Waals surface area contributed by atoms with Gasteiger partial charge >= 0.3 is 0 Å². The van der Waals surface area contributed by atoms with Crippen molar-refractivity contribution in [3.05, 3.63) is 23.3 Å². The van der Waals surface area contributed by atoms with Gasteiger partial charge in [0.25, 0.3) is 0 Å². The molecule has 3 nitrogen and oxygen atoms in total. The molecule has 0 saturated carbocycles. The van der Waals surface area contributed by atoms with E-state index in [4.69, 9.17) is 9.47 Å². The van der Waals surface area contributed by atoms with E-state index in [1.165, 1.54) is 0 Å². The Morgan fingerprint density at radius 2 is 2.06 bits per heavy atom. The van der Waals surface area contributed by atoms with Crippen LogP contribution in [0, 0.1) is 6.92 Å². The molecule has 94 valence electrons. The molecule has 0 aliphatic rings. The molecule has 0 heterocycles. The molecule has 1 unspecified atom stereocenters. The van der Waals surface area contributed by atoms with Gasteiger partial charge in [0, 0.05) is 12.0 Å². The van der Waals surface area contributed by atoms with Crippen molar-refractivity contribution in [2.45, 2.75) is 33.1 Å². The zero-order valence-corrected chi connectivity index (χ0v) is 10.9. The van der Waals surface area contributed by atoms with Crippen LogP contribution < -0.4 is 9.47 Å². The summed E-state index contributed by atoms with van der Waals surface area (Å²) in [6, 6.07) is 3.94. The van der Waals surface area contributed by atoms with Gasteiger partial charge in [0.05, 0.1) is 13.7 Å². The average Bonchev–Trinajstić information content (AvgIpc) is 2.31. The summed E-state index contributed by atoms with van der Waals surface area (Å²) in [7, 11) is 1.65. The zero-order chi connectivity index (χ0) is 12.8. The van der Waals surface area contributed by atoms with Gasteiger partial charge in [0.15, 0.2) is 0 Å². The molecule has 1 atom stereocenters. The highest BCUT2D eigenvalue weighted by atomic mass is 16.5. The molecule has 0 bridgehead atoms. The maximum atomic E-state index is 10.6. The van der Waals surface area contributed by atoms with E-state index in [1.54, 1.807) is 7.11 Å². The van der Waals surface area contributed by atoms with E-state index in [0.29, 0.717) is 13.0 Å². The van der Waals surface area contributed by atoms with E-state index in [0.717, 1.165) is 28.9 Å². The molecule has 0 saturated heterocycles. The number of rotatable bonds is 6. The number of benzene rings is 1. The number of aldehydes is 1. The predicted molar refractivity (Wildman–Crippen MR) is 68.0 cm³/mol. The van der Waals surface area contributed by atoms with Gasteiger partial charge in [-0.25, -0.2) is 0 Å². The van der Waals surface area contributed by atoms with Crippen molar-refractivity contribution in [2.24, 2.45) is 0 Å². The Balaban J connectivity index is 3.15. The van der Waals surface area contributed by atoms with Crippen LogP contribution in [0.3, 0.4) is 0 Å². The van der Waals surface area contributed by atoms with Gasteiger partial charge in [-0.3, -0.25) is 0 Å². The Labute approximate surface area is 103 Å². The van der Waals surface area contributed by atoms with Crippen molar-refractivity contribution in [3.8, 4) is 11.5 Å². The van der Waals surface area contributed by atoms with Gasteiger partial charge < -0.3 is 14.3 Å². The minimum atomic E-state index is 0.141. The molecule has 0 aromatic heterocycles. The van der Waals surface area contributed by atoms with E-state index in [-0.39, 0.29) is 5.92 Å². The fraction of sp³-hybridized carbons (Fsp3) is 0.500. The third-order valence-electron chi connectivity index (χ3n) is 2.81. The molecule has 1 rings (SSSR count). The molecule has 0 radical (unpaired) electrons. The van der Waals surface area contributed by atoms with Crippen molar-refractivity contribution in [1.29, 1.82) is 0 Å². The van der Waals surface area contributed by atoms with Crippen LogP contribution in [0.15, 0.2) is 12.1 Å². The fourth-order valence-electron chi connectivity index (χ4n) is 1.82. The van der Waals surface area contributed by atoms with E-state index in [9.17, 15) is 4.79 Å². The van der Waals surface area contributed by atoms with Crippen LogP contribution in [0.4, 0.5) is 0 Å². The molecule has 1 aromatic carbocycles. The number of hydrogen-bond donors (Lipinski definition) is 0. The van der Waals surface area contributed by atoms with Gasteiger partial charge in [-0.2, -0.15) is 0 Å². The van der Waals surface area contributed by atoms with Crippen molar-refractivity contribution in [2.75, 3.05) is 13.7 Å². The zero-order valence-electron chi connectivity index (χ0n) is 10.9. The highest BCUT2D eigenvalue weighted by Gasteiger charge is 2.14. The van der Waals surface area contributed by atoms with Gasteiger partial charge in [0.1, 0.15) is 17.8 Å². The lowest BCUT2D eigenvalue weighted by Gasteiger charge is -2.17. The van der Waals surface area contributed by atoms with Crippen LogP contribution in [-0.2, 0) is 4.79 Å². The first-order valence-electron chi connectivity index (χ1n) is 5.89. The second kappa shape index (κ2) is 6.28. The highest BCUT2D eigenvalue weighted by Crippen LogP contribution is 2.34. The smallest absolute Gasteiger partial charge is 0.122 e. The molecule has 3 heteroatoms. The summed E-state index contributed by atoms with van der Waals surface area (Å²) in [6.45, 7) is 6.59. The monoisotopic (exact) mass is 236 g/mol. The fourth-order valence-corrected chi connectivity index (χ4v) is 1.82. The van der Waals surface area contributed by atoms with Gasteiger partial charge in [0.2, 0.25) is 0 Å². The van der Waals surface area contributed by atoms with E-state index in [1.807, 2.05) is 32.9 Å². The maximum Gasteiger partial charge on any atom is 0.122 e. The van der Waals surface area contributed by atoms with Crippen molar-refractivity contribution < 1.29 is 14.3 Å². The van der Waals surface area contributed by atoms with Gasteiger partial charge in [-0.05, 0) is 37.5 Å². The predicted octanol–water partition coefficient (Wildman–Crippen LogP) is 3.09. The summed E-state index contributed by atoms with van der Waals surface area (Å²) in [5.74, 6) is 1.82. The van der Waals surface area contributed by atoms with Crippen LogP contribution in [0.2, 0.25) is 0 Å². The summed E-state index contributed by atoms with van der Waals surface area (Å²) >= 11 is 0. The lowest BCUT2D eigenvalue weighted by molar-refractivity contribution is -0.108. The summed E-state index contributed by atoms with van der Waals surface area (Å²) in [6.07, 6.45) is 1.43. The number of carbonyl (C=O) groups excluding carboxylic acids is 1. The number of methoxy groups -OCH3 is 1. The van der Waals surface area contributed by atoms with Gasteiger partial charge in [-0.15, -0.1) is 0 Å². The first kappa shape index (κ1) is 13.6. The largest absolute Gasteiger partial charge is 0.496 e. The minimum Gasteiger partial charge on any atom is -0.496 e. The molecule has 0 amide bonds. The first-order chi connectivity index (χ1) is 8.13. The first-order valence-corrected chi connectivity index (χ1v) is 5.89. The minimum absolute atomic E-state index is 0.141. The Morgan fingerprint density at radius 3 is 2.59 bits per heavy atom. The molecule has 1 aromatic rings. The number of carbonyl (C=O) groups is 1. The Kier molecular flexibility index (Phi) is 5.01. The number of aryl methyl sites for hydroxylation is 1. The van der Waals surface area contributed by atoms with Crippen molar-refractivity contribution in [1.82, 2.24) is 0 Å². The summed E-state index contributed by atoms with van der Waals surface area (Å²) < 4.78 is 10.9. The quantitative estimate of drug-likeness (QED) is 0.712. The van der Waals surface area contributed by atoms with Crippen LogP contribution in [0.1, 0.15) is 37.3 Å². The van der Waals surface area contributed by atoms with Crippen LogP contribution in [0.5, 0.6) is 11.5 Å². The van der Waals surface area contributed by atoms with E-state index in [2.05, 4.69) is 0 Å². The standard InChI is InChI=1S/C14H20O3/c1-5-17-13-9-12(10(2)6-7-15)14(16-4)8-11(13)3/h7-10H,5-6H2,1-4H3. The van der Waals surface area contributed by atoms with E-state index < -0.39 is 0 Å². The topological polar surface area (TPSA) is 35.5 Å². The second-order valence-corrected chi connectivity index (χ2v) is 4.10. The van der Waals surface area contributed by atoms with Gasteiger partial charge in [-0.1, -0.05) is 6.92 Å². The molecule has 17 heavy (non-hydrogen) atoms. The third kappa shape index (κ3) is 3.22. The molecule has 0 N–H and O–H groups in total. The molecule has 0 aliphatic carbocycles. The lowest BCUT2D eigenvalue weighted by atomic mass is 9.96. The maximum absolute atomic E-state index is 10.6. The summed E-state index contributed by atoms with van der Waals surface area (Å²) in [4.78, 5) is 10.6. The van der Waals surface area contributed by atoms with Crippen LogP contribution in [-0.4, -0.2) is 20.0 Å². The highest BCUT2D eigenvalue weighted by molar-refractivity contribution is 5.54.